The Hall–Kier alpha value is -1.05. The van der Waals surface area contributed by atoms with Gasteiger partial charge >= 0.3 is 0 Å². The molecule has 0 fully saturated rings. The van der Waals surface area contributed by atoms with Crippen LogP contribution in [0.15, 0.2) is 12.2 Å². The van der Waals surface area contributed by atoms with Gasteiger partial charge in [0, 0.05) is 12.2 Å². The van der Waals surface area contributed by atoms with Crippen LogP contribution in [0.25, 0.3) is 0 Å². The van der Waals surface area contributed by atoms with Gasteiger partial charge in [0.15, 0.2) is 0 Å². The molecule has 0 amide bonds. The Labute approximate surface area is 92.0 Å². The van der Waals surface area contributed by atoms with E-state index in [1.807, 2.05) is 0 Å². The molecule has 0 aliphatic heterocycles. The summed E-state index contributed by atoms with van der Waals surface area (Å²) in [5, 5.41) is 0. The molecule has 1 aromatic heterocycles. The highest BCUT2D eigenvalue weighted by molar-refractivity contribution is 5.20. The SMILES string of the molecule is C=C(C)CCn1c(C)nc2c1CCCC2. The number of fused-ring (bicyclic) bond motifs is 1. The van der Waals surface area contributed by atoms with Crippen LogP contribution < -0.4 is 0 Å². The fourth-order valence-electron chi connectivity index (χ4n) is 2.34. The standard InChI is InChI=1S/C13H20N2/c1-10(2)8-9-15-11(3)14-12-6-4-5-7-13(12)15/h1,4-9H2,2-3H3. The molecule has 0 saturated carbocycles. The Morgan fingerprint density at radius 3 is 2.87 bits per heavy atom. The van der Waals surface area contributed by atoms with Crippen LogP contribution in [0.3, 0.4) is 0 Å². The van der Waals surface area contributed by atoms with Crippen molar-refractivity contribution >= 4 is 0 Å². The topological polar surface area (TPSA) is 17.8 Å². The minimum absolute atomic E-state index is 1.06. The van der Waals surface area contributed by atoms with Crippen LogP contribution in [0.4, 0.5) is 0 Å². The highest BCUT2D eigenvalue weighted by Gasteiger charge is 2.17. The van der Waals surface area contributed by atoms with E-state index >= 15 is 0 Å². The van der Waals surface area contributed by atoms with Gasteiger partial charge < -0.3 is 4.57 Å². The Bertz CT molecular complexity index is 374. The summed E-state index contributed by atoms with van der Waals surface area (Å²) in [5.41, 5.74) is 4.09. The lowest BCUT2D eigenvalue weighted by Crippen LogP contribution is -2.09. The minimum Gasteiger partial charge on any atom is -0.332 e. The van der Waals surface area contributed by atoms with Crippen molar-refractivity contribution in [3.8, 4) is 0 Å². The van der Waals surface area contributed by atoms with E-state index in [4.69, 9.17) is 0 Å². The van der Waals surface area contributed by atoms with Gasteiger partial charge in [0.25, 0.3) is 0 Å². The van der Waals surface area contributed by atoms with Gasteiger partial charge in [-0.25, -0.2) is 4.98 Å². The molecule has 1 aliphatic carbocycles. The molecule has 0 N–H and O–H groups in total. The van der Waals surface area contributed by atoms with E-state index in [9.17, 15) is 0 Å². The molecule has 1 heterocycles. The minimum atomic E-state index is 1.06. The first-order chi connectivity index (χ1) is 7.18. The van der Waals surface area contributed by atoms with Gasteiger partial charge in [-0.1, -0.05) is 5.57 Å². The van der Waals surface area contributed by atoms with E-state index in [1.54, 1.807) is 0 Å². The fraction of sp³-hybridized carbons (Fsp3) is 0.615. The van der Waals surface area contributed by atoms with E-state index in [-0.39, 0.29) is 0 Å². The predicted octanol–water partition coefficient (Wildman–Crippen LogP) is 3.04. The monoisotopic (exact) mass is 204 g/mol. The van der Waals surface area contributed by atoms with Gasteiger partial charge in [-0.15, -0.1) is 6.58 Å². The average Bonchev–Trinajstić information content (AvgIpc) is 2.50. The molecule has 2 rings (SSSR count). The van der Waals surface area contributed by atoms with Crippen molar-refractivity contribution < 1.29 is 0 Å². The molecule has 0 bridgehead atoms. The summed E-state index contributed by atoms with van der Waals surface area (Å²) >= 11 is 0. The zero-order valence-corrected chi connectivity index (χ0v) is 9.84. The number of hydrogen-bond acceptors (Lipinski definition) is 1. The molecule has 0 radical (unpaired) electrons. The van der Waals surface area contributed by atoms with Crippen LogP contribution >= 0.6 is 0 Å². The molecule has 1 aliphatic rings. The van der Waals surface area contributed by atoms with E-state index in [0.717, 1.165) is 13.0 Å². The number of aryl methyl sites for hydroxylation is 2. The third-order valence-corrected chi connectivity index (χ3v) is 3.19. The Kier molecular flexibility index (Phi) is 2.94. The normalized spacial score (nSPS) is 15.1. The molecule has 82 valence electrons. The molecule has 0 saturated heterocycles. The summed E-state index contributed by atoms with van der Waals surface area (Å²) in [6.07, 6.45) is 6.10. The van der Waals surface area contributed by atoms with Gasteiger partial charge in [-0.2, -0.15) is 0 Å². The summed E-state index contributed by atoms with van der Waals surface area (Å²) in [6, 6.07) is 0. The average molecular weight is 204 g/mol. The third-order valence-electron chi connectivity index (χ3n) is 3.19. The summed E-state index contributed by atoms with van der Waals surface area (Å²) in [7, 11) is 0. The van der Waals surface area contributed by atoms with E-state index in [2.05, 4.69) is 30.0 Å². The Morgan fingerprint density at radius 2 is 2.13 bits per heavy atom. The third kappa shape index (κ3) is 2.14. The second kappa shape index (κ2) is 4.21. The van der Waals surface area contributed by atoms with Crippen LogP contribution in [0.2, 0.25) is 0 Å². The first-order valence-electron chi connectivity index (χ1n) is 5.87. The van der Waals surface area contributed by atoms with Crippen LogP contribution in [0.1, 0.15) is 43.4 Å². The van der Waals surface area contributed by atoms with Gasteiger partial charge in [0.05, 0.1) is 5.69 Å². The molecule has 2 nitrogen and oxygen atoms in total. The lowest BCUT2D eigenvalue weighted by molar-refractivity contribution is 0.594. The van der Waals surface area contributed by atoms with Crippen molar-refractivity contribution in [3.05, 3.63) is 29.4 Å². The lowest BCUT2D eigenvalue weighted by Gasteiger charge is -2.14. The molecule has 0 spiro atoms. The van der Waals surface area contributed by atoms with Gasteiger partial charge in [-0.3, -0.25) is 0 Å². The zero-order valence-electron chi connectivity index (χ0n) is 9.84. The van der Waals surface area contributed by atoms with Crippen molar-refractivity contribution in [1.29, 1.82) is 0 Å². The maximum absolute atomic E-state index is 4.66. The predicted molar refractivity (Wildman–Crippen MR) is 63.0 cm³/mol. The number of imidazole rings is 1. The highest BCUT2D eigenvalue weighted by atomic mass is 15.1. The molecular weight excluding hydrogens is 184 g/mol. The molecule has 0 unspecified atom stereocenters. The lowest BCUT2D eigenvalue weighted by atomic mass is 10.0. The number of aromatic nitrogens is 2. The van der Waals surface area contributed by atoms with Crippen LogP contribution in [0, 0.1) is 6.92 Å². The van der Waals surface area contributed by atoms with Crippen LogP contribution in [0.5, 0.6) is 0 Å². The summed E-state index contributed by atoms with van der Waals surface area (Å²) in [5.74, 6) is 1.18. The summed E-state index contributed by atoms with van der Waals surface area (Å²) in [4.78, 5) is 4.66. The van der Waals surface area contributed by atoms with Gasteiger partial charge in [-0.05, 0) is 46.0 Å². The summed E-state index contributed by atoms with van der Waals surface area (Å²) in [6.45, 7) is 9.24. The van der Waals surface area contributed by atoms with E-state index in [0.29, 0.717) is 0 Å². The van der Waals surface area contributed by atoms with Crippen LogP contribution in [-0.4, -0.2) is 9.55 Å². The molecule has 2 heteroatoms. The second-order valence-electron chi connectivity index (χ2n) is 4.62. The highest BCUT2D eigenvalue weighted by Crippen LogP contribution is 2.22. The van der Waals surface area contributed by atoms with Crippen molar-refractivity contribution in [2.24, 2.45) is 0 Å². The van der Waals surface area contributed by atoms with Crippen molar-refractivity contribution in [2.45, 2.75) is 52.5 Å². The van der Waals surface area contributed by atoms with Crippen LogP contribution in [-0.2, 0) is 19.4 Å². The Morgan fingerprint density at radius 1 is 1.40 bits per heavy atom. The van der Waals surface area contributed by atoms with Gasteiger partial charge in [0.2, 0.25) is 0 Å². The van der Waals surface area contributed by atoms with E-state index < -0.39 is 0 Å². The number of rotatable bonds is 3. The largest absolute Gasteiger partial charge is 0.332 e. The quantitative estimate of drug-likeness (QED) is 0.692. The fourth-order valence-corrected chi connectivity index (χ4v) is 2.34. The molecule has 0 aromatic carbocycles. The van der Waals surface area contributed by atoms with Gasteiger partial charge in [0.1, 0.15) is 5.82 Å². The number of nitrogens with zero attached hydrogens (tertiary/aromatic N) is 2. The maximum Gasteiger partial charge on any atom is 0.106 e. The molecule has 15 heavy (non-hydrogen) atoms. The Balaban J connectivity index is 2.21. The molecule has 0 atom stereocenters. The maximum atomic E-state index is 4.66. The van der Waals surface area contributed by atoms with Crippen molar-refractivity contribution in [1.82, 2.24) is 9.55 Å². The second-order valence-corrected chi connectivity index (χ2v) is 4.62. The van der Waals surface area contributed by atoms with Crippen molar-refractivity contribution in [3.63, 3.8) is 0 Å². The first-order valence-corrected chi connectivity index (χ1v) is 5.87. The zero-order chi connectivity index (χ0) is 10.8. The first kappa shape index (κ1) is 10.5. The number of hydrogen-bond donors (Lipinski definition) is 0. The van der Waals surface area contributed by atoms with Crippen molar-refractivity contribution in [2.75, 3.05) is 0 Å². The molecular formula is C13H20N2. The number of allylic oxidation sites excluding steroid dienone is 1. The smallest absolute Gasteiger partial charge is 0.106 e. The van der Waals surface area contributed by atoms with E-state index in [1.165, 1.54) is 48.5 Å². The molecule has 1 aromatic rings. The summed E-state index contributed by atoms with van der Waals surface area (Å²) < 4.78 is 2.39.